The molecular weight excluding hydrogens is 259 g/mol. The van der Waals surface area contributed by atoms with Crippen molar-refractivity contribution in [2.75, 3.05) is 5.75 Å². The van der Waals surface area contributed by atoms with Crippen LogP contribution >= 0.6 is 11.8 Å². The molecule has 0 unspecified atom stereocenters. The normalized spacial score (nSPS) is 10.5. The summed E-state index contributed by atoms with van der Waals surface area (Å²) >= 11 is 1.74. The smallest absolute Gasteiger partial charge is 0.193 e. The summed E-state index contributed by atoms with van der Waals surface area (Å²) in [6, 6.07) is 12.0. The topological polar surface area (TPSA) is 17.1 Å². The highest BCUT2D eigenvalue weighted by molar-refractivity contribution is 7.99. The quantitative estimate of drug-likeness (QED) is 0.604. The summed E-state index contributed by atoms with van der Waals surface area (Å²) in [7, 11) is 0. The van der Waals surface area contributed by atoms with E-state index in [-0.39, 0.29) is 11.6 Å². The molecule has 3 heteroatoms. The molecule has 2 aromatic rings. The molecule has 0 N–H and O–H groups in total. The van der Waals surface area contributed by atoms with Gasteiger partial charge in [0.15, 0.2) is 5.78 Å². The highest BCUT2D eigenvalue weighted by Gasteiger charge is 2.10. The molecular formula is C16H15FOS. The first-order valence-corrected chi connectivity index (χ1v) is 7.14. The van der Waals surface area contributed by atoms with E-state index in [9.17, 15) is 9.18 Å². The van der Waals surface area contributed by atoms with Crippen LogP contribution in [0, 0.1) is 12.7 Å². The molecule has 0 heterocycles. The fraction of sp³-hybridized carbons (Fsp3) is 0.188. The number of hydrogen-bond acceptors (Lipinski definition) is 2. The third kappa shape index (κ3) is 3.24. The minimum Gasteiger partial charge on any atom is -0.289 e. The van der Waals surface area contributed by atoms with E-state index in [2.05, 4.69) is 6.92 Å². The Morgan fingerprint density at radius 3 is 2.32 bits per heavy atom. The van der Waals surface area contributed by atoms with Crippen molar-refractivity contribution in [2.24, 2.45) is 0 Å². The van der Waals surface area contributed by atoms with Gasteiger partial charge in [0.05, 0.1) is 0 Å². The Bertz CT molecular complexity index is 590. The van der Waals surface area contributed by atoms with Gasteiger partial charge in [0.25, 0.3) is 0 Å². The van der Waals surface area contributed by atoms with Crippen molar-refractivity contribution in [3.05, 3.63) is 65.0 Å². The van der Waals surface area contributed by atoms with E-state index >= 15 is 0 Å². The van der Waals surface area contributed by atoms with Gasteiger partial charge in [0.1, 0.15) is 5.82 Å². The zero-order chi connectivity index (χ0) is 13.8. The summed E-state index contributed by atoms with van der Waals surface area (Å²) in [5.74, 6) is 0.646. The van der Waals surface area contributed by atoms with Gasteiger partial charge in [-0.25, -0.2) is 4.39 Å². The van der Waals surface area contributed by atoms with E-state index < -0.39 is 0 Å². The predicted molar refractivity (Wildman–Crippen MR) is 77.4 cm³/mol. The Morgan fingerprint density at radius 2 is 1.74 bits per heavy atom. The van der Waals surface area contributed by atoms with Crippen molar-refractivity contribution >= 4 is 17.5 Å². The minimum atomic E-state index is -0.286. The van der Waals surface area contributed by atoms with Crippen LogP contribution in [0.5, 0.6) is 0 Å². The number of hydrogen-bond donors (Lipinski definition) is 0. The molecule has 0 atom stereocenters. The summed E-state index contributed by atoms with van der Waals surface area (Å²) in [6.45, 7) is 3.75. The molecule has 2 rings (SSSR count). The lowest BCUT2D eigenvalue weighted by atomic mass is 10.0. The first-order valence-electron chi connectivity index (χ1n) is 6.15. The lowest BCUT2D eigenvalue weighted by Crippen LogP contribution is -2.02. The molecule has 1 nitrogen and oxygen atoms in total. The van der Waals surface area contributed by atoms with Crippen LogP contribution in [0.25, 0.3) is 0 Å². The van der Waals surface area contributed by atoms with Crippen molar-refractivity contribution < 1.29 is 9.18 Å². The molecule has 0 radical (unpaired) electrons. The monoisotopic (exact) mass is 274 g/mol. The summed E-state index contributed by atoms with van der Waals surface area (Å²) in [6.07, 6.45) is 0. The van der Waals surface area contributed by atoms with Crippen LogP contribution in [0.3, 0.4) is 0 Å². The molecule has 0 saturated carbocycles. The van der Waals surface area contributed by atoms with Crippen molar-refractivity contribution in [3.63, 3.8) is 0 Å². The summed E-state index contributed by atoms with van der Waals surface area (Å²) in [4.78, 5) is 13.4. The number of halogens is 1. The van der Waals surface area contributed by atoms with Gasteiger partial charge < -0.3 is 0 Å². The zero-order valence-electron chi connectivity index (χ0n) is 10.9. The van der Waals surface area contributed by atoms with E-state index in [1.165, 1.54) is 12.1 Å². The van der Waals surface area contributed by atoms with Crippen molar-refractivity contribution in [2.45, 2.75) is 18.7 Å². The van der Waals surface area contributed by atoms with Crippen LogP contribution in [0.2, 0.25) is 0 Å². The lowest BCUT2D eigenvalue weighted by Gasteiger charge is -2.04. The Hall–Kier alpha value is -1.61. The Morgan fingerprint density at radius 1 is 1.11 bits per heavy atom. The van der Waals surface area contributed by atoms with E-state index in [1.807, 2.05) is 24.3 Å². The largest absolute Gasteiger partial charge is 0.289 e. The van der Waals surface area contributed by atoms with Gasteiger partial charge in [0.2, 0.25) is 0 Å². The number of rotatable bonds is 4. The SMILES string of the molecule is CCSc1ccc(C(=O)c2ccc(F)c(C)c2)cc1. The van der Waals surface area contributed by atoms with Crippen LogP contribution in [0.4, 0.5) is 4.39 Å². The van der Waals surface area contributed by atoms with Crippen LogP contribution in [-0.4, -0.2) is 11.5 Å². The average Bonchev–Trinajstić information content (AvgIpc) is 2.42. The van der Waals surface area contributed by atoms with Gasteiger partial charge in [-0.05, 0) is 60.7 Å². The maximum Gasteiger partial charge on any atom is 0.193 e. The number of thioether (sulfide) groups is 1. The van der Waals surface area contributed by atoms with E-state index in [0.717, 1.165) is 10.6 Å². The molecule has 0 fully saturated rings. The molecule has 19 heavy (non-hydrogen) atoms. The highest BCUT2D eigenvalue weighted by Crippen LogP contribution is 2.20. The Balaban J connectivity index is 2.25. The van der Waals surface area contributed by atoms with Gasteiger partial charge in [0, 0.05) is 16.0 Å². The standard InChI is InChI=1S/C16H15FOS/c1-3-19-14-7-4-12(5-8-14)16(18)13-6-9-15(17)11(2)10-13/h4-10H,3H2,1-2H3. The Labute approximate surface area is 116 Å². The van der Waals surface area contributed by atoms with Gasteiger partial charge in [-0.3, -0.25) is 4.79 Å². The molecule has 0 aliphatic rings. The number of aryl methyl sites for hydroxylation is 1. The first-order chi connectivity index (χ1) is 9.11. The molecule has 0 saturated heterocycles. The molecule has 0 aliphatic carbocycles. The summed E-state index contributed by atoms with van der Waals surface area (Å²) < 4.78 is 13.2. The first kappa shape index (κ1) is 13.8. The summed E-state index contributed by atoms with van der Waals surface area (Å²) in [5.41, 5.74) is 1.64. The fourth-order valence-electron chi connectivity index (χ4n) is 1.82. The second-order valence-electron chi connectivity index (χ2n) is 4.25. The predicted octanol–water partition coefficient (Wildman–Crippen LogP) is 4.48. The van der Waals surface area contributed by atoms with Gasteiger partial charge >= 0.3 is 0 Å². The van der Waals surface area contributed by atoms with Gasteiger partial charge in [-0.15, -0.1) is 11.8 Å². The van der Waals surface area contributed by atoms with Crippen molar-refractivity contribution in [1.29, 1.82) is 0 Å². The molecule has 0 aliphatic heterocycles. The number of carbonyl (C=O) groups is 1. The zero-order valence-corrected chi connectivity index (χ0v) is 11.8. The van der Waals surface area contributed by atoms with Gasteiger partial charge in [-0.2, -0.15) is 0 Å². The third-order valence-electron chi connectivity index (χ3n) is 2.85. The number of carbonyl (C=O) groups excluding carboxylic acids is 1. The second kappa shape index (κ2) is 6.02. The van der Waals surface area contributed by atoms with Crippen LogP contribution in [0.1, 0.15) is 28.4 Å². The highest BCUT2D eigenvalue weighted by atomic mass is 32.2. The molecule has 2 aromatic carbocycles. The minimum absolute atomic E-state index is 0.0730. The van der Waals surface area contributed by atoms with Crippen LogP contribution in [-0.2, 0) is 0 Å². The second-order valence-corrected chi connectivity index (χ2v) is 5.59. The van der Waals surface area contributed by atoms with Gasteiger partial charge in [-0.1, -0.05) is 6.92 Å². The van der Waals surface area contributed by atoms with Crippen molar-refractivity contribution in [1.82, 2.24) is 0 Å². The number of ketones is 1. The van der Waals surface area contributed by atoms with Crippen LogP contribution in [0.15, 0.2) is 47.4 Å². The number of benzene rings is 2. The maximum absolute atomic E-state index is 13.2. The Kier molecular flexibility index (Phi) is 4.38. The van der Waals surface area contributed by atoms with Crippen LogP contribution < -0.4 is 0 Å². The lowest BCUT2D eigenvalue weighted by molar-refractivity contribution is 0.103. The average molecular weight is 274 g/mol. The molecule has 0 amide bonds. The molecule has 0 aromatic heterocycles. The van der Waals surface area contributed by atoms with E-state index in [1.54, 1.807) is 24.8 Å². The maximum atomic E-state index is 13.2. The summed E-state index contributed by atoms with van der Waals surface area (Å²) in [5, 5.41) is 0. The van der Waals surface area contributed by atoms with Crippen molar-refractivity contribution in [3.8, 4) is 0 Å². The third-order valence-corrected chi connectivity index (χ3v) is 3.74. The fourth-order valence-corrected chi connectivity index (χ4v) is 2.48. The molecule has 0 bridgehead atoms. The van der Waals surface area contributed by atoms with E-state index in [0.29, 0.717) is 16.7 Å². The molecule has 98 valence electrons. The van der Waals surface area contributed by atoms with E-state index in [4.69, 9.17) is 0 Å². The molecule has 0 spiro atoms.